The van der Waals surface area contributed by atoms with Crippen LogP contribution >= 0.6 is 7.82 Å². The molecule has 0 rings (SSSR count). The zero-order valence-corrected chi connectivity index (χ0v) is 48.9. The van der Waals surface area contributed by atoms with Gasteiger partial charge in [0.25, 0.3) is 7.82 Å². The SMILES string of the molecule is CC/C=C\C/C=C\C/C=C\C/C=C\C/C=C\C/C=C\C/C=C\C/C=C\C/C=C\C/C=C\C/C=C\CCCCCCCC(=O)NC(COP(=O)([O-])OCC[N+](C)(C)C)C(O)CCCCCCCCCCCCCCC. The van der Waals surface area contributed by atoms with Crippen molar-refractivity contribution in [1.29, 1.82) is 0 Å². The van der Waals surface area contributed by atoms with Gasteiger partial charge in [-0.1, -0.05) is 250 Å². The number of likely N-dealkylation sites (N-methyl/N-ethyl adjacent to an activating group) is 1. The second-order valence-electron chi connectivity index (χ2n) is 20.6. The summed E-state index contributed by atoms with van der Waals surface area (Å²) in [5.41, 5.74) is 0. The molecule has 0 saturated carbocycles. The molecule has 74 heavy (non-hydrogen) atoms. The molecule has 0 aliphatic carbocycles. The standard InChI is InChI=1S/C65H111N2O6P/c1-6-8-10-12-14-16-18-20-21-22-23-24-25-26-27-28-29-30-31-32-33-34-35-36-37-38-39-40-41-42-43-44-45-47-49-51-53-55-57-59-65(69)66-63(62-73-74(70,71)72-61-60-67(3,4)5)64(68)58-56-54-52-50-48-46-19-17-15-13-11-9-7-2/h8,10,14,16,20-21,23-24,26-27,29-30,32-33,35-36,38-39,41-42,44-45,63-64,68H,6-7,9,11-13,15,17-19,22,25,28,31,34,37,40,43,46-62H2,1-5H3,(H-,66,69,70,71)/b10-8-,16-14-,21-20-,24-23-,27-26-,30-29-,33-32-,36-35-,39-38-,42-41-,45-44-. The predicted molar refractivity (Wildman–Crippen MR) is 320 cm³/mol. The first-order chi connectivity index (χ1) is 36.0. The summed E-state index contributed by atoms with van der Waals surface area (Å²) in [7, 11) is 1.27. The number of nitrogens with zero attached hydrogens (tertiary/aromatic N) is 1. The number of rotatable bonds is 52. The molecule has 0 aromatic heterocycles. The Balaban J connectivity index is 4.16. The van der Waals surface area contributed by atoms with Gasteiger partial charge < -0.3 is 28.8 Å². The molecular weight excluding hydrogens is 936 g/mol. The number of hydrogen-bond acceptors (Lipinski definition) is 6. The molecule has 9 heteroatoms. The van der Waals surface area contributed by atoms with Gasteiger partial charge in [-0.15, -0.1) is 0 Å². The number of carbonyl (C=O) groups is 1. The summed E-state index contributed by atoms with van der Waals surface area (Å²) < 4.78 is 23.3. The number of allylic oxidation sites excluding steroid dienone is 22. The molecule has 0 aromatic carbocycles. The second-order valence-corrected chi connectivity index (χ2v) is 22.0. The van der Waals surface area contributed by atoms with Crippen LogP contribution in [0.3, 0.4) is 0 Å². The Labute approximate surface area is 456 Å². The Morgan fingerprint density at radius 2 is 0.824 bits per heavy atom. The van der Waals surface area contributed by atoms with E-state index in [1.54, 1.807) is 0 Å². The fourth-order valence-corrected chi connectivity index (χ4v) is 8.53. The molecule has 0 heterocycles. The summed E-state index contributed by atoms with van der Waals surface area (Å²) >= 11 is 0. The van der Waals surface area contributed by atoms with Gasteiger partial charge in [0.2, 0.25) is 5.91 Å². The first kappa shape index (κ1) is 70.6. The van der Waals surface area contributed by atoms with E-state index in [-0.39, 0.29) is 19.1 Å². The zero-order valence-electron chi connectivity index (χ0n) is 48.0. The lowest BCUT2D eigenvalue weighted by Crippen LogP contribution is -2.46. The van der Waals surface area contributed by atoms with Gasteiger partial charge in [-0.25, -0.2) is 0 Å². The van der Waals surface area contributed by atoms with Gasteiger partial charge in [0.05, 0.1) is 39.9 Å². The van der Waals surface area contributed by atoms with Gasteiger partial charge in [0.1, 0.15) is 13.2 Å². The smallest absolute Gasteiger partial charge is 0.268 e. The van der Waals surface area contributed by atoms with Gasteiger partial charge in [-0.2, -0.15) is 0 Å². The van der Waals surface area contributed by atoms with Crippen LogP contribution in [0.2, 0.25) is 0 Å². The summed E-state index contributed by atoms with van der Waals surface area (Å²) in [4.78, 5) is 25.5. The Hall–Kier alpha value is -3.36. The van der Waals surface area contributed by atoms with Gasteiger partial charge >= 0.3 is 0 Å². The zero-order chi connectivity index (χ0) is 54.2. The van der Waals surface area contributed by atoms with E-state index in [1.807, 2.05) is 21.1 Å². The van der Waals surface area contributed by atoms with E-state index in [1.165, 1.54) is 64.2 Å². The van der Waals surface area contributed by atoms with E-state index in [0.29, 0.717) is 23.9 Å². The van der Waals surface area contributed by atoms with Crippen LogP contribution < -0.4 is 10.2 Å². The third-order valence-corrected chi connectivity index (χ3v) is 13.4. The van der Waals surface area contributed by atoms with Crippen molar-refractivity contribution in [1.82, 2.24) is 5.32 Å². The van der Waals surface area contributed by atoms with Crippen LogP contribution in [0.5, 0.6) is 0 Å². The molecule has 422 valence electrons. The average Bonchev–Trinajstić information content (AvgIpc) is 3.36. The Morgan fingerprint density at radius 3 is 1.20 bits per heavy atom. The van der Waals surface area contributed by atoms with Crippen LogP contribution in [-0.4, -0.2) is 68.5 Å². The molecule has 0 spiro atoms. The fraction of sp³-hybridized carbons (Fsp3) is 0.646. The van der Waals surface area contributed by atoms with E-state index >= 15 is 0 Å². The largest absolute Gasteiger partial charge is 0.756 e. The predicted octanol–water partition coefficient (Wildman–Crippen LogP) is 17.7. The molecule has 0 aromatic rings. The van der Waals surface area contributed by atoms with E-state index in [0.717, 1.165) is 128 Å². The molecule has 0 radical (unpaired) electrons. The first-order valence-corrected chi connectivity index (χ1v) is 31.0. The van der Waals surface area contributed by atoms with Gasteiger partial charge in [0, 0.05) is 6.42 Å². The number of aliphatic hydroxyl groups excluding tert-OH is 1. The molecule has 0 bridgehead atoms. The van der Waals surface area contributed by atoms with E-state index in [9.17, 15) is 19.4 Å². The third kappa shape index (κ3) is 56.4. The minimum atomic E-state index is -4.58. The number of hydrogen-bond donors (Lipinski definition) is 2. The van der Waals surface area contributed by atoms with Gasteiger partial charge in [-0.3, -0.25) is 9.36 Å². The molecule has 1 amide bonds. The number of phosphoric ester groups is 1. The van der Waals surface area contributed by atoms with E-state index in [4.69, 9.17) is 9.05 Å². The van der Waals surface area contributed by atoms with Crippen molar-refractivity contribution in [3.63, 3.8) is 0 Å². The van der Waals surface area contributed by atoms with Crippen molar-refractivity contribution in [3.8, 4) is 0 Å². The topological polar surface area (TPSA) is 108 Å². The quantitative estimate of drug-likeness (QED) is 0.0272. The maximum Gasteiger partial charge on any atom is 0.268 e. The van der Waals surface area contributed by atoms with Gasteiger partial charge in [0.15, 0.2) is 0 Å². The van der Waals surface area contributed by atoms with Crippen LogP contribution in [0, 0.1) is 0 Å². The minimum Gasteiger partial charge on any atom is -0.756 e. The summed E-state index contributed by atoms with van der Waals surface area (Å²) in [6, 6.07) is -0.820. The number of carbonyl (C=O) groups excluding carboxylic acids is 1. The molecule has 8 nitrogen and oxygen atoms in total. The average molecular weight is 1050 g/mol. The van der Waals surface area contributed by atoms with Crippen molar-refractivity contribution in [2.45, 2.75) is 231 Å². The molecule has 3 atom stereocenters. The lowest BCUT2D eigenvalue weighted by Gasteiger charge is -2.30. The number of aliphatic hydroxyl groups is 1. The van der Waals surface area contributed by atoms with Crippen molar-refractivity contribution >= 4 is 13.7 Å². The Morgan fingerprint density at radius 1 is 0.486 bits per heavy atom. The number of unbranched alkanes of at least 4 members (excludes halogenated alkanes) is 17. The van der Waals surface area contributed by atoms with Gasteiger partial charge in [-0.05, 0) is 96.3 Å². The third-order valence-electron chi connectivity index (χ3n) is 12.4. The minimum absolute atomic E-state index is 0.00124. The summed E-state index contributed by atoms with van der Waals surface area (Å²) in [6.45, 7) is 4.57. The highest BCUT2D eigenvalue weighted by atomic mass is 31.2. The lowest BCUT2D eigenvalue weighted by molar-refractivity contribution is -0.870. The number of quaternary nitrogens is 1. The first-order valence-electron chi connectivity index (χ1n) is 29.5. The Bertz CT molecular complexity index is 1660. The second kappa shape index (κ2) is 54.4. The molecule has 0 fully saturated rings. The maximum atomic E-state index is 13.0. The molecule has 3 unspecified atom stereocenters. The van der Waals surface area contributed by atoms with Crippen LogP contribution in [0.25, 0.3) is 0 Å². The highest BCUT2D eigenvalue weighted by Crippen LogP contribution is 2.38. The normalized spacial score (nSPS) is 14.9. The Kier molecular flexibility index (Phi) is 52.0. The molecule has 0 aliphatic rings. The maximum absolute atomic E-state index is 13.0. The monoisotopic (exact) mass is 1050 g/mol. The number of nitrogens with one attached hydrogen (secondary N) is 1. The number of phosphoric acid groups is 1. The fourth-order valence-electron chi connectivity index (χ4n) is 7.81. The highest BCUT2D eigenvalue weighted by molar-refractivity contribution is 7.45. The highest BCUT2D eigenvalue weighted by Gasteiger charge is 2.24. The van der Waals surface area contributed by atoms with Crippen molar-refractivity contribution in [2.75, 3.05) is 40.9 Å². The van der Waals surface area contributed by atoms with Crippen molar-refractivity contribution < 1.29 is 32.9 Å². The van der Waals surface area contributed by atoms with Crippen molar-refractivity contribution in [2.24, 2.45) is 0 Å². The van der Waals surface area contributed by atoms with Crippen LogP contribution in [-0.2, 0) is 18.4 Å². The summed E-state index contributed by atoms with van der Waals surface area (Å²) in [6.07, 6.45) is 82.0. The summed E-state index contributed by atoms with van der Waals surface area (Å²) in [5.74, 6) is -0.189. The summed E-state index contributed by atoms with van der Waals surface area (Å²) in [5, 5.41) is 14.0. The van der Waals surface area contributed by atoms with Crippen LogP contribution in [0.1, 0.15) is 219 Å². The van der Waals surface area contributed by atoms with Crippen LogP contribution in [0.15, 0.2) is 134 Å². The van der Waals surface area contributed by atoms with Crippen molar-refractivity contribution in [3.05, 3.63) is 134 Å². The molecule has 2 N–H and O–H groups in total. The van der Waals surface area contributed by atoms with E-state index < -0.39 is 20.0 Å². The molecule has 0 aliphatic heterocycles. The van der Waals surface area contributed by atoms with Crippen LogP contribution in [0.4, 0.5) is 0 Å². The molecular formula is C65H111N2O6P. The number of amides is 1. The lowest BCUT2D eigenvalue weighted by atomic mass is 10.0. The molecule has 0 saturated heterocycles. The van der Waals surface area contributed by atoms with E-state index in [2.05, 4.69) is 153 Å².